The van der Waals surface area contributed by atoms with E-state index in [0.29, 0.717) is 48.7 Å². The van der Waals surface area contributed by atoms with Gasteiger partial charge in [-0.3, -0.25) is 14.3 Å². The second-order valence-corrected chi connectivity index (χ2v) is 14.0. The summed E-state index contributed by atoms with van der Waals surface area (Å²) in [5.41, 5.74) is 0.593. The fourth-order valence-electron chi connectivity index (χ4n) is 5.11. The minimum absolute atomic E-state index is 0.0288. The van der Waals surface area contributed by atoms with Crippen LogP contribution < -0.4 is 15.0 Å². The van der Waals surface area contributed by atoms with Crippen LogP contribution in [0, 0.1) is 19.7 Å². The van der Waals surface area contributed by atoms with Crippen molar-refractivity contribution in [3.8, 4) is 22.6 Å². The first kappa shape index (κ1) is 29.7. The van der Waals surface area contributed by atoms with Crippen molar-refractivity contribution in [2.24, 2.45) is 7.05 Å². The summed E-state index contributed by atoms with van der Waals surface area (Å²) >= 11 is 1.11. The van der Waals surface area contributed by atoms with Crippen molar-refractivity contribution in [2.45, 2.75) is 39.8 Å². The number of nitrogens with zero attached hydrogens (tertiary/aromatic N) is 2. The predicted octanol–water partition coefficient (Wildman–Crippen LogP) is 6.15. The number of nitrogens with one attached hydrogen (secondary N) is 1. The molecule has 222 valence electrons. The van der Waals surface area contributed by atoms with E-state index in [4.69, 9.17) is 4.74 Å². The van der Waals surface area contributed by atoms with Crippen molar-refractivity contribution in [3.63, 3.8) is 0 Å². The summed E-state index contributed by atoms with van der Waals surface area (Å²) in [5.74, 6) is -0.122. The van der Waals surface area contributed by atoms with Gasteiger partial charge in [0.15, 0.2) is 0 Å². The number of likely N-dealkylation sites (tertiary alicyclic amines) is 1. The van der Waals surface area contributed by atoms with Crippen LogP contribution in [0.25, 0.3) is 21.2 Å². The van der Waals surface area contributed by atoms with Crippen LogP contribution in [0.4, 0.5) is 14.5 Å². The van der Waals surface area contributed by atoms with Gasteiger partial charge in [0, 0.05) is 43.0 Å². The van der Waals surface area contributed by atoms with Gasteiger partial charge in [-0.2, -0.15) is 0 Å². The van der Waals surface area contributed by atoms with Gasteiger partial charge in [0.2, 0.25) is 10.0 Å². The SMILES string of the molecule is CCS(=O)(=O)Nc1ccc(Oc2c(C)cc(F)cc2C)c(-c2cn(C)c(=O)c3cc(C(=O)N4CCC(C)(F)C4)sc23)c1. The maximum absolute atomic E-state index is 14.5. The highest BCUT2D eigenvalue weighted by atomic mass is 32.2. The molecular formula is C30H31F2N3O5S2. The number of aromatic nitrogens is 1. The molecule has 0 aliphatic carbocycles. The number of sulfonamides is 1. The number of hydrogen-bond acceptors (Lipinski definition) is 6. The average Bonchev–Trinajstić information content (AvgIpc) is 3.52. The van der Waals surface area contributed by atoms with Crippen LogP contribution >= 0.6 is 11.3 Å². The van der Waals surface area contributed by atoms with E-state index in [0.717, 1.165) is 11.3 Å². The molecule has 0 bridgehead atoms. The normalized spacial score (nSPS) is 17.2. The summed E-state index contributed by atoms with van der Waals surface area (Å²) in [5, 5.41) is 0.296. The van der Waals surface area contributed by atoms with Crippen molar-refractivity contribution in [1.82, 2.24) is 9.47 Å². The fraction of sp³-hybridized carbons (Fsp3) is 0.333. The number of amides is 1. The van der Waals surface area contributed by atoms with Gasteiger partial charge in [0.1, 0.15) is 23.0 Å². The zero-order chi connectivity index (χ0) is 30.6. The number of halogens is 2. The number of fused-ring (bicyclic) bond motifs is 1. The zero-order valence-corrected chi connectivity index (χ0v) is 25.5. The lowest BCUT2D eigenvalue weighted by atomic mass is 10.0. The number of carbonyl (C=O) groups excluding carboxylic acids is 1. The van der Waals surface area contributed by atoms with E-state index in [1.165, 1.54) is 41.5 Å². The Bertz CT molecular complexity index is 1870. The van der Waals surface area contributed by atoms with E-state index in [1.807, 2.05) is 0 Å². The third kappa shape index (κ3) is 5.78. The van der Waals surface area contributed by atoms with Crippen LogP contribution in [-0.4, -0.2) is 48.3 Å². The number of carbonyl (C=O) groups is 1. The number of ether oxygens (including phenoxy) is 1. The lowest BCUT2D eigenvalue weighted by Gasteiger charge is -2.18. The Hall–Kier alpha value is -3.77. The van der Waals surface area contributed by atoms with E-state index < -0.39 is 21.5 Å². The fourth-order valence-corrected chi connectivity index (χ4v) is 6.89. The highest BCUT2D eigenvalue weighted by Crippen LogP contribution is 2.42. The smallest absolute Gasteiger partial charge is 0.264 e. The molecule has 5 rings (SSSR count). The summed E-state index contributed by atoms with van der Waals surface area (Å²) < 4.78 is 64.0. The van der Waals surface area contributed by atoms with E-state index in [-0.39, 0.29) is 42.4 Å². The molecule has 1 atom stereocenters. The van der Waals surface area contributed by atoms with Gasteiger partial charge >= 0.3 is 0 Å². The number of thiophene rings is 1. The Morgan fingerprint density at radius 2 is 1.83 bits per heavy atom. The molecule has 0 saturated carbocycles. The Balaban J connectivity index is 1.70. The lowest BCUT2D eigenvalue weighted by molar-refractivity contribution is 0.0765. The van der Waals surface area contributed by atoms with Gasteiger partial charge in [-0.15, -0.1) is 11.3 Å². The highest BCUT2D eigenvalue weighted by molar-refractivity contribution is 7.92. The molecule has 4 aromatic rings. The number of pyridine rings is 1. The molecule has 2 aromatic heterocycles. The van der Waals surface area contributed by atoms with E-state index in [9.17, 15) is 26.8 Å². The van der Waals surface area contributed by atoms with Gasteiger partial charge in [-0.1, -0.05) is 0 Å². The second-order valence-electron chi connectivity index (χ2n) is 10.9. The summed E-state index contributed by atoms with van der Waals surface area (Å²) in [6.45, 7) is 6.67. The first-order chi connectivity index (χ1) is 19.7. The molecule has 1 saturated heterocycles. The predicted molar refractivity (Wildman–Crippen MR) is 162 cm³/mol. The maximum atomic E-state index is 14.5. The summed E-state index contributed by atoms with van der Waals surface area (Å²) in [4.78, 5) is 28.3. The first-order valence-corrected chi connectivity index (χ1v) is 15.9. The van der Waals surface area contributed by atoms with Gasteiger partial charge in [-0.25, -0.2) is 17.2 Å². The van der Waals surface area contributed by atoms with Crippen LogP contribution in [0.2, 0.25) is 0 Å². The van der Waals surface area contributed by atoms with Crippen LogP contribution in [0.5, 0.6) is 11.5 Å². The van der Waals surface area contributed by atoms with Crippen LogP contribution in [0.1, 0.15) is 41.1 Å². The van der Waals surface area contributed by atoms with Gasteiger partial charge in [0.05, 0.1) is 27.3 Å². The Morgan fingerprint density at radius 3 is 2.45 bits per heavy atom. The van der Waals surface area contributed by atoms with Crippen molar-refractivity contribution < 1.29 is 26.7 Å². The third-order valence-electron chi connectivity index (χ3n) is 7.33. The second kappa shape index (κ2) is 10.8. The largest absolute Gasteiger partial charge is 0.456 e. The first-order valence-electron chi connectivity index (χ1n) is 13.4. The molecule has 1 amide bonds. The molecule has 3 heterocycles. The number of hydrogen-bond donors (Lipinski definition) is 1. The standard InChI is InChI=1S/C30H31F2N3O5S2/c1-6-42(38,39)33-20-7-8-24(40-26-17(2)11-19(31)12-18(26)3)21(13-20)23-15-34(5)28(36)22-14-25(41-27(22)23)29(37)35-10-9-30(4,32)16-35/h7-8,11-15,33H,6,9-10,16H2,1-5H3. The third-order valence-corrected chi connectivity index (χ3v) is 9.80. The topological polar surface area (TPSA) is 97.7 Å². The number of rotatable bonds is 7. The monoisotopic (exact) mass is 615 g/mol. The van der Waals surface area contributed by atoms with Crippen molar-refractivity contribution >= 4 is 43.0 Å². The Labute approximate surface area is 246 Å². The van der Waals surface area contributed by atoms with Gasteiger partial charge in [-0.05, 0) is 75.2 Å². The molecule has 42 heavy (non-hydrogen) atoms. The molecule has 1 fully saturated rings. The summed E-state index contributed by atoms with van der Waals surface area (Å²) in [6, 6.07) is 9.01. The molecule has 1 aliphatic heterocycles. The Morgan fingerprint density at radius 1 is 1.14 bits per heavy atom. The maximum Gasteiger partial charge on any atom is 0.264 e. The van der Waals surface area contributed by atoms with Crippen molar-refractivity contribution in [2.75, 3.05) is 23.6 Å². The molecule has 0 radical (unpaired) electrons. The van der Waals surface area contributed by atoms with Crippen LogP contribution in [0.15, 0.2) is 47.4 Å². The van der Waals surface area contributed by atoms with Crippen molar-refractivity contribution in [3.05, 3.63) is 74.8 Å². The highest BCUT2D eigenvalue weighted by Gasteiger charge is 2.37. The summed E-state index contributed by atoms with van der Waals surface area (Å²) in [7, 11) is -2.03. The zero-order valence-electron chi connectivity index (χ0n) is 23.9. The van der Waals surface area contributed by atoms with Gasteiger partial charge in [0.25, 0.3) is 11.5 Å². The van der Waals surface area contributed by atoms with Crippen LogP contribution in [0.3, 0.4) is 0 Å². The van der Waals surface area contributed by atoms with Crippen LogP contribution in [-0.2, 0) is 17.1 Å². The summed E-state index contributed by atoms with van der Waals surface area (Å²) in [6.07, 6.45) is 1.84. The number of benzene rings is 2. The Kier molecular flexibility index (Phi) is 7.65. The number of anilines is 1. The molecule has 2 aromatic carbocycles. The van der Waals surface area contributed by atoms with Crippen molar-refractivity contribution in [1.29, 1.82) is 0 Å². The minimum atomic E-state index is -3.61. The number of aryl methyl sites for hydroxylation is 3. The molecule has 1 unspecified atom stereocenters. The molecule has 0 spiro atoms. The van der Waals surface area contributed by atoms with Gasteiger partial charge < -0.3 is 14.2 Å². The lowest BCUT2D eigenvalue weighted by Crippen LogP contribution is -2.31. The quantitative estimate of drug-likeness (QED) is 0.269. The number of alkyl halides is 1. The van der Waals surface area contributed by atoms with E-state index >= 15 is 0 Å². The minimum Gasteiger partial charge on any atom is -0.456 e. The van der Waals surface area contributed by atoms with E-state index in [2.05, 4.69) is 4.72 Å². The average molecular weight is 616 g/mol. The molecule has 1 aliphatic rings. The molecule has 12 heteroatoms. The molecular weight excluding hydrogens is 584 g/mol. The molecule has 1 N–H and O–H groups in total. The van der Waals surface area contributed by atoms with E-state index in [1.54, 1.807) is 45.3 Å². The molecule has 8 nitrogen and oxygen atoms in total.